The molecule has 0 aliphatic carbocycles. The third-order valence-corrected chi connectivity index (χ3v) is 4.47. The molecule has 3 aromatic carbocycles. The minimum Gasteiger partial charge on any atom is -0.291 e. The summed E-state index contributed by atoms with van der Waals surface area (Å²) < 4.78 is 0. The van der Waals surface area contributed by atoms with E-state index in [-0.39, 0.29) is 5.41 Å². The maximum absolute atomic E-state index is 4.81. The Bertz CT molecular complexity index is 765. The Hall–Kier alpha value is -2.93. The molecule has 0 fully saturated rings. The average molecular weight is 325 g/mol. The van der Waals surface area contributed by atoms with Gasteiger partial charge in [0, 0.05) is 6.21 Å². The zero-order chi connectivity index (χ0) is 17.4. The van der Waals surface area contributed by atoms with Gasteiger partial charge in [-0.25, -0.2) is 0 Å². The number of hydrogen-bond donors (Lipinski definition) is 0. The van der Waals surface area contributed by atoms with Crippen LogP contribution in [0.2, 0.25) is 0 Å². The fourth-order valence-electron chi connectivity index (χ4n) is 3.19. The summed E-state index contributed by atoms with van der Waals surface area (Å²) in [4.78, 5) is 4.81. The summed E-state index contributed by atoms with van der Waals surface area (Å²) in [7, 11) is 0. The fraction of sp³-hybridized carbons (Fsp3) is 0.125. The van der Waals surface area contributed by atoms with Crippen molar-refractivity contribution in [2.75, 3.05) is 0 Å². The molecule has 124 valence electrons. The van der Waals surface area contributed by atoms with Gasteiger partial charge in [-0.1, -0.05) is 97.1 Å². The Morgan fingerprint density at radius 1 is 0.720 bits per heavy atom. The van der Waals surface area contributed by atoms with E-state index < -0.39 is 0 Å². The van der Waals surface area contributed by atoms with E-state index in [9.17, 15) is 0 Å². The van der Waals surface area contributed by atoms with Crippen molar-refractivity contribution < 1.29 is 0 Å². The van der Waals surface area contributed by atoms with Crippen LogP contribution in [0.15, 0.2) is 109 Å². The minimum atomic E-state index is -0.293. The molecule has 25 heavy (non-hydrogen) atoms. The van der Waals surface area contributed by atoms with E-state index >= 15 is 0 Å². The molecule has 0 aliphatic heterocycles. The number of allylic oxidation sites excluding steroid dienone is 1. The van der Waals surface area contributed by atoms with Crippen molar-refractivity contribution in [2.45, 2.75) is 18.4 Å². The number of hydrogen-bond acceptors (Lipinski definition) is 1. The van der Waals surface area contributed by atoms with E-state index in [1.807, 2.05) is 24.3 Å². The zero-order valence-corrected chi connectivity index (χ0v) is 14.4. The van der Waals surface area contributed by atoms with Crippen LogP contribution < -0.4 is 0 Å². The molecule has 0 N–H and O–H groups in total. The maximum Gasteiger partial charge on any atom is 0.0636 e. The maximum atomic E-state index is 4.81. The lowest BCUT2D eigenvalue weighted by molar-refractivity contribution is 0.709. The standard InChI is InChI=1S/C24H23N/c1-2-18-24(22-14-8-4-9-15-22,23-16-10-5-11-17-23)20-25-19-21-12-6-3-7-13-21/h2-17,20H,1,18-19H2. The van der Waals surface area contributed by atoms with Gasteiger partial charge in [-0.15, -0.1) is 6.58 Å². The van der Waals surface area contributed by atoms with Crippen LogP contribution in [0.1, 0.15) is 23.1 Å². The molecule has 0 amide bonds. The number of rotatable bonds is 7. The van der Waals surface area contributed by atoms with Gasteiger partial charge in [-0.2, -0.15) is 0 Å². The van der Waals surface area contributed by atoms with Gasteiger partial charge in [-0.05, 0) is 23.1 Å². The Morgan fingerprint density at radius 2 is 1.20 bits per heavy atom. The molecule has 0 unspecified atom stereocenters. The molecule has 0 bridgehead atoms. The Morgan fingerprint density at radius 3 is 1.68 bits per heavy atom. The molecule has 0 atom stereocenters. The second-order valence-electron chi connectivity index (χ2n) is 6.15. The second kappa shape index (κ2) is 8.25. The van der Waals surface area contributed by atoms with Crippen LogP contribution in [0.4, 0.5) is 0 Å². The Kier molecular flexibility index (Phi) is 5.58. The van der Waals surface area contributed by atoms with E-state index in [1.165, 1.54) is 16.7 Å². The van der Waals surface area contributed by atoms with E-state index in [4.69, 9.17) is 4.99 Å². The normalized spacial score (nSPS) is 11.5. The van der Waals surface area contributed by atoms with Gasteiger partial charge in [0.1, 0.15) is 0 Å². The highest BCUT2D eigenvalue weighted by Gasteiger charge is 2.31. The van der Waals surface area contributed by atoms with E-state index in [0.717, 1.165) is 6.42 Å². The molecule has 0 spiro atoms. The van der Waals surface area contributed by atoms with Crippen LogP contribution in [-0.4, -0.2) is 6.21 Å². The Labute approximate surface area is 150 Å². The van der Waals surface area contributed by atoms with Crippen molar-refractivity contribution in [3.05, 3.63) is 120 Å². The van der Waals surface area contributed by atoms with Crippen LogP contribution >= 0.6 is 0 Å². The van der Waals surface area contributed by atoms with E-state index in [1.54, 1.807) is 0 Å². The highest BCUT2D eigenvalue weighted by Crippen LogP contribution is 2.34. The monoisotopic (exact) mass is 325 g/mol. The molecular weight excluding hydrogens is 302 g/mol. The number of nitrogens with zero attached hydrogens (tertiary/aromatic N) is 1. The molecule has 0 aromatic heterocycles. The first-order valence-electron chi connectivity index (χ1n) is 8.62. The van der Waals surface area contributed by atoms with Gasteiger partial charge in [0.15, 0.2) is 0 Å². The second-order valence-corrected chi connectivity index (χ2v) is 6.15. The molecule has 0 radical (unpaired) electrons. The third-order valence-electron chi connectivity index (χ3n) is 4.47. The first kappa shape index (κ1) is 16.9. The fourth-order valence-corrected chi connectivity index (χ4v) is 3.19. The highest BCUT2D eigenvalue weighted by atomic mass is 14.7. The number of benzene rings is 3. The van der Waals surface area contributed by atoms with Crippen molar-refractivity contribution in [1.29, 1.82) is 0 Å². The molecule has 1 heteroatoms. The molecule has 0 saturated heterocycles. The van der Waals surface area contributed by atoms with Crippen molar-refractivity contribution in [1.82, 2.24) is 0 Å². The first-order chi connectivity index (χ1) is 12.3. The van der Waals surface area contributed by atoms with Crippen molar-refractivity contribution in [2.24, 2.45) is 4.99 Å². The average Bonchev–Trinajstić information content (AvgIpc) is 2.69. The summed E-state index contributed by atoms with van der Waals surface area (Å²) >= 11 is 0. The summed E-state index contributed by atoms with van der Waals surface area (Å²) in [5.74, 6) is 0. The topological polar surface area (TPSA) is 12.4 Å². The predicted octanol–water partition coefficient (Wildman–Crippen LogP) is 5.82. The van der Waals surface area contributed by atoms with Gasteiger partial charge >= 0.3 is 0 Å². The van der Waals surface area contributed by atoms with Gasteiger partial charge < -0.3 is 0 Å². The van der Waals surface area contributed by atoms with E-state index in [0.29, 0.717) is 6.54 Å². The lowest BCUT2D eigenvalue weighted by Gasteiger charge is -2.30. The third kappa shape index (κ3) is 3.95. The largest absolute Gasteiger partial charge is 0.291 e. The van der Waals surface area contributed by atoms with Crippen LogP contribution in [0.3, 0.4) is 0 Å². The molecule has 0 heterocycles. The predicted molar refractivity (Wildman–Crippen MR) is 107 cm³/mol. The molecule has 0 aliphatic rings. The summed E-state index contributed by atoms with van der Waals surface area (Å²) in [5.41, 5.74) is 3.39. The van der Waals surface area contributed by atoms with Crippen LogP contribution in [-0.2, 0) is 12.0 Å². The quantitative estimate of drug-likeness (QED) is 0.383. The number of aliphatic imine (C=N–C) groups is 1. The summed E-state index contributed by atoms with van der Waals surface area (Å²) in [6.07, 6.45) is 4.89. The molecule has 3 aromatic rings. The van der Waals surface area contributed by atoms with Crippen molar-refractivity contribution in [3.63, 3.8) is 0 Å². The SMILES string of the molecule is C=CCC(C=NCc1ccccc1)(c1ccccc1)c1ccccc1. The summed E-state index contributed by atoms with van der Waals surface area (Å²) in [6.45, 7) is 4.68. The Balaban J connectivity index is 2.03. The lowest BCUT2D eigenvalue weighted by atomic mass is 9.73. The first-order valence-corrected chi connectivity index (χ1v) is 8.62. The van der Waals surface area contributed by atoms with Crippen LogP contribution in [0, 0.1) is 0 Å². The van der Waals surface area contributed by atoms with Crippen LogP contribution in [0.5, 0.6) is 0 Å². The summed E-state index contributed by atoms with van der Waals surface area (Å²) in [5, 5.41) is 0. The molecule has 1 nitrogen and oxygen atoms in total. The molecular formula is C24H23N. The van der Waals surface area contributed by atoms with Gasteiger partial charge in [0.25, 0.3) is 0 Å². The smallest absolute Gasteiger partial charge is 0.0636 e. The van der Waals surface area contributed by atoms with Crippen LogP contribution in [0.25, 0.3) is 0 Å². The van der Waals surface area contributed by atoms with Gasteiger partial charge in [0.05, 0.1) is 12.0 Å². The van der Waals surface area contributed by atoms with Crippen molar-refractivity contribution >= 4 is 6.21 Å². The van der Waals surface area contributed by atoms with E-state index in [2.05, 4.69) is 85.6 Å². The van der Waals surface area contributed by atoms with Gasteiger partial charge in [-0.3, -0.25) is 4.99 Å². The molecule has 0 saturated carbocycles. The summed E-state index contributed by atoms with van der Waals surface area (Å²) in [6, 6.07) is 31.5. The molecule has 3 rings (SSSR count). The zero-order valence-electron chi connectivity index (χ0n) is 14.4. The highest BCUT2D eigenvalue weighted by molar-refractivity contribution is 5.79. The minimum absolute atomic E-state index is 0.293. The lowest BCUT2D eigenvalue weighted by Crippen LogP contribution is -2.29. The van der Waals surface area contributed by atoms with Crippen molar-refractivity contribution in [3.8, 4) is 0 Å². The van der Waals surface area contributed by atoms with Gasteiger partial charge in [0.2, 0.25) is 0 Å².